The first kappa shape index (κ1) is 14.4. The van der Waals surface area contributed by atoms with Crippen LogP contribution in [0, 0.1) is 5.92 Å². The highest BCUT2D eigenvalue weighted by atomic mass is 35.5. The van der Waals surface area contributed by atoms with Gasteiger partial charge in [0.05, 0.1) is 6.42 Å². The molecule has 1 amide bonds. The zero-order chi connectivity index (χ0) is 13.8. The van der Waals surface area contributed by atoms with Gasteiger partial charge in [-0.25, -0.2) is 0 Å². The van der Waals surface area contributed by atoms with Gasteiger partial charge in [0.2, 0.25) is 5.91 Å². The van der Waals surface area contributed by atoms with Gasteiger partial charge in [-0.1, -0.05) is 30.7 Å². The Balaban J connectivity index is 1.85. The first-order valence-corrected chi connectivity index (χ1v) is 7.15. The van der Waals surface area contributed by atoms with E-state index >= 15 is 0 Å². The molecule has 0 radical (unpaired) electrons. The first-order chi connectivity index (χ1) is 9.04. The van der Waals surface area contributed by atoms with Gasteiger partial charge >= 0.3 is 0 Å². The van der Waals surface area contributed by atoms with E-state index in [4.69, 9.17) is 11.6 Å². The maximum Gasteiger partial charge on any atom is 0.224 e. The fourth-order valence-electron chi connectivity index (χ4n) is 2.61. The van der Waals surface area contributed by atoms with Crippen LogP contribution in [-0.2, 0) is 11.2 Å². The molecule has 1 aromatic rings. The average molecular weight is 281 g/mol. The van der Waals surface area contributed by atoms with Crippen molar-refractivity contribution in [3.8, 4) is 0 Å². The smallest absolute Gasteiger partial charge is 0.224 e. The van der Waals surface area contributed by atoms with Crippen LogP contribution in [0.3, 0.4) is 0 Å². The molecule has 2 rings (SSSR count). The molecular formula is C15H21ClN2O. The molecule has 1 saturated heterocycles. The summed E-state index contributed by atoms with van der Waals surface area (Å²) in [5, 5.41) is 3.86. The van der Waals surface area contributed by atoms with E-state index in [1.165, 1.54) is 0 Å². The Morgan fingerprint density at radius 2 is 2.11 bits per heavy atom. The Labute approximate surface area is 119 Å². The summed E-state index contributed by atoms with van der Waals surface area (Å²) in [5.41, 5.74) is 1.00. The van der Waals surface area contributed by atoms with Crippen LogP contribution in [0.4, 0.5) is 0 Å². The number of amides is 1. The van der Waals surface area contributed by atoms with Crippen molar-refractivity contribution in [1.29, 1.82) is 0 Å². The highest BCUT2D eigenvalue weighted by Gasteiger charge is 2.25. The average Bonchev–Trinajstić information content (AvgIpc) is 2.36. The summed E-state index contributed by atoms with van der Waals surface area (Å²) in [4.78, 5) is 14.3. The zero-order valence-corrected chi connectivity index (χ0v) is 12.3. The van der Waals surface area contributed by atoms with Crippen molar-refractivity contribution in [2.75, 3.05) is 20.1 Å². The molecule has 1 heterocycles. The number of carbonyl (C=O) groups excluding carboxylic acids is 1. The molecule has 1 N–H and O–H groups in total. The SMILES string of the molecule is C[C@@H]1CN(C)CC[C@H]1NC(=O)Cc1ccc(Cl)cc1. The minimum absolute atomic E-state index is 0.101. The molecule has 104 valence electrons. The Hall–Kier alpha value is -1.06. The molecule has 0 saturated carbocycles. The van der Waals surface area contributed by atoms with Crippen LogP contribution in [0.15, 0.2) is 24.3 Å². The van der Waals surface area contributed by atoms with Gasteiger partial charge in [0.15, 0.2) is 0 Å². The van der Waals surface area contributed by atoms with Gasteiger partial charge in [0.25, 0.3) is 0 Å². The van der Waals surface area contributed by atoms with Crippen molar-refractivity contribution in [3.05, 3.63) is 34.9 Å². The molecule has 1 aromatic carbocycles. The Morgan fingerprint density at radius 3 is 2.74 bits per heavy atom. The van der Waals surface area contributed by atoms with E-state index in [0.29, 0.717) is 23.4 Å². The van der Waals surface area contributed by atoms with Gasteiger partial charge in [-0.15, -0.1) is 0 Å². The second-order valence-electron chi connectivity index (χ2n) is 5.51. The van der Waals surface area contributed by atoms with E-state index < -0.39 is 0 Å². The highest BCUT2D eigenvalue weighted by Crippen LogP contribution is 2.16. The summed E-state index contributed by atoms with van der Waals surface area (Å²) in [5.74, 6) is 0.608. The molecule has 3 nitrogen and oxygen atoms in total. The van der Waals surface area contributed by atoms with Crippen molar-refractivity contribution < 1.29 is 4.79 Å². The lowest BCUT2D eigenvalue weighted by Crippen LogP contribution is -2.49. The van der Waals surface area contributed by atoms with E-state index in [0.717, 1.165) is 25.1 Å². The van der Waals surface area contributed by atoms with Crippen LogP contribution in [0.2, 0.25) is 5.02 Å². The Morgan fingerprint density at radius 1 is 1.42 bits per heavy atom. The molecular weight excluding hydrogens is 260 g/mol. The molecule has 0 spiro atoms. The van der Waals surface area contributed by atoms with Crippen molar-refractivity contribution in [2.24, 2.45) is 5.92 Å². The highest BCUT2D eigenvalue weighted by molar-refractivity contribution is 6.30. The van der Waals surface area contributed by atoms with Crippen LogP contribution in [0.25, 0.3) is 0 Å². The molecule has 0 aliphatic carbocycles. The number of nitrogens with zero attached hydrogens (tertiary/aromatic N) is 1. The molecule has 0 unspecified atom stereocenters. The maximum absolute atomic E-state index is 12.0. The summed E-state index contributed by atoms with van der Waals surface area (Å²) in [6.07, 6.45) is 1.46. The summed E-state index contributed by atoms with van der Waals surface area (Å²) < 4.78 is 0. The largest absolute Gasteiger partial charge is 0.353 e. The lowest BCUT2D eigenvalue weighted by molar-refractivity contribution is -0.121. The monoisotopic (exact) mass is 280 g/mol. The van der Waals surface area contributed by atoms with Crippen LogP contribution in [0.1, 0.15) is 18.9 Å². The fraction of sp³-hybridized carbons (Fsp3) is 0.533. The molecule has 2 atom stereocenters. The number of piperidine rings is 1. The number of hydrogen-bond donors (Lipinski definition) is 1. The second-order valence-corrected chi connectivity index (χ2v) is 5.94. The number of halogens is 1. The normalized spacial score (nSPS) is 24.2. The van der Waals surface area contributed by atoms with Gasteiger partial charge in [0.1, 0.15) is 0 Å². The molecule has 1 aliphatic rings. The summed E-state index contributed by atoms with van der Waals surface area (Å²) >= 11 is 5.83. The van der Waals surface area contributed by atoms with Crippen LogP contribution < -0.4 is 5.32 Å². The molecule has 1 aliphatic heterocycles. The van der Waals surface area contributed by atoms with Crippen molar-refractivity contribution in [2.45, 2.75) is 25.8 Å². The van der Waals surface area contributed by atoms with E-state index in [-0.39, 0.29) is 5.91 Å². The zero-order valence-electron chi connectivity index (χ0n) is 11.5. The topological polar surface area (TPSA) is 32.3 Å². The fourth-order valence-corrected chi connectivity index (χ4v) is 2.74. The third-order valence-corrected chi connectivity index (χ3v) is 3.98. The standard InChI is InChI=1S/C15H21ClN2O/c1-11-10-18(2)8-7-14(11)17-15(19)9-12-3-5-13(16)6-4-12/h3-6,11,14H,7-10H2,1-2H3,(H,17,19)/t11-,14-/m1/s1. The maximum atomic E-state index is 12.0. The molecule has 0 bridgehead atoms. The van der Waals surface area contributed by atoms with Crippen LogP contribution >= 0.6 is 11.6 Å². The molecule has 1 fully saturated rings. The van der Waals surface area contributed by atoms with Crippen molar-refractivity contribution >= 4 is 17.5 Å². The molecule has 19 heavy (non-hydrogen) atoms. The summed E-state index contributed by atoms with van der Waals surface area (Å²) in [6.45, 7) is 4.30. The second kappa shape index (κ2) is 6.40. The van der Waals surface area contributed by atoms with E-state index in [1.807, 2.05) is 24.3 Å². The van der Waals surface area contributed by atoms with E-state index in [9.17, 15) is 4.79 Å². The van der Waals surface area contributed by atoms with E-state index in [1.54, 1.807) is 0 Å². The number of nitrogens with one attached hydrogen (secondary N) is 1. The number of benzene rings is 1. The first-order valence-electron chi connectivity index (χ1n) is 6.77. The third-order valence-electron chi connectivity index (χ3n) is 3.73. The summed E-state index contributed by atoms with van der Waals surface area (Å²) in [7, 11) is 2.13. The lowest BCUT2D eigenvalue weighted by atomic mass is 9.94. The van der Waals surface area contributed by atoms with Crippen LogP contribution in [0.5, 0.6) is 0 Å². The predicted molar refractivity (Wildman–Crippen MR) is 78.4 cm³/mol. The molecule has 4 heteroatoms. The van der Waals surface area contributed by atoms with Gasteiger partial charge < -0.3 is 10.2 Å². The molecule has 0 aromatic heterocycles. The third kappa shape index (κ3) is 4.22. The quantitative estimate of drug-likeness (QED) is 0.922. The number of likely N-dealkylation sites (tertiary alicyclic amines) is 1. The van der Waals surface area contributed by atoms with Gasteiger partial charge in [-0.05, 0) is 43.6 Å². The minimum atomic E-state index is 0.101. The number of carbonyl (C=O) groups is 1. The van der Waals surface area contributed by atoms with Gasteiger partial charge in [0, 0.05) is 17.6 Å². The number of hydrogen-bond acceptors (Lipinski definition) is 2. The lowest BCUT2D eigenvalue weighted by Gasteiger charge is -2.35. The summed E-state index contributed by atoms with van der Waals surface area (Å²) in [6, 6.07) is 7.75. The van der Waals surface area contributed by atoms with Crippen molar-refractivity contribution in [3.63, 3.8) is 0 Å². The number of rotatable bonds is 3. The van der Waals surface area contributed by atoms with E-state index in [2.05, 4.69) is 24.2 Å². The Kier molecular flexibility index (Phi) is 4.83. The van der Waals surface area contributed by atoms with Gasteiger partial charge in [-0.3, -0.25) is 4.79 Å². The minimum Gasteiger partial charge on any atom is -0.353 e. The Bertz CT molecular complexity index is 432. The van der Waals surface area contributed by atoms with Gasteiger partial charge in [-0.2, -0.15) is 0 Å². The predicted octanol–water partition coefficient (Wildman–Crippen LogP) is 2.34. The van der Waals surface area contributed by atoms with Crippen molar-refractivity contribution in [1.82, 2.24) is 10.2 Å². The van der Waals surface area contributed by atoms with Crippen LogP contribution in [-0.4, -0.2) is 37.0 Å².